The largest absolute Gasteiger partial charge is 0.494 e. The molecule has 0 aliphatic carbocycles. The van der Waals surface area contributed by atoms with E-state index in [2.05, 4.69) is 50.3 Å². The normalized spacial score (nSPS) is 23.8. The molecule has 25 heavy (non-hydrogen) atoms. The third kappa shape index (κ3) is 5.80. The van der Waals surface area contributed by atoms with Crippen LogP contribution >= 0.6 is 0 Å². The zero-order valence-corrected chi connectivity index (χ0v) is 14.8. The van der Waals surface area contributed by atoms with E-state index in [1.54, 1.807) is 0 Å². The quantitative estimate of drug-likeness (QED) is 0.786. The van der Waals surface area contributed by atoms with E-state index in [1.807, 2.05) is 36.4 Å². The summed E-state index contributed by atoms with van der Waals surface area (Å²) in [5.41, 5.74) is 2.44. The fourth-order valence-corrected chi connectivity index (χ4v) is 2.72. The lowest BCUT2D eigenvalue weighted by atomic mass is 10.1. The van der Waals surface area contributed by atoms with Gasteiger partial charge in [-0.3, -0.25) is 0 Å². The molecule has 0 bridgehead atoms. The number of rotatable bonds is 2. The van der Waals surface area contributed by atoms with Gasteiger partial charge in [-0.1, -0.05) is 60.7 Å². The summed E-state index contributed by atoms with van der Waals surface area (Å²) in [4.78, 5) is 0. The van der Waals surface area contributed by atoms with Gasteiger partial charge >= 0.3 is 0 Å². The second-order valence-electron chi connectivity index (χ2n) is 6.31. The van der Waals surface area contributed by atoms with Crippen LogP contribution in [0.4, 0.5) is 0 Å². The Morgan fingerprint density at radius 3 is 1.28 bits per heavy atom. The van der Waals surface area contributed by atoms with Crippen LogP contribution in [-0.4, -0.2) is 17.7 Å². The summed E-state index contributed by atoms with van der Waals surface area (Å²) in [6.45, 7) is 4.17. The van der Waals surface area contributed by atoms with Gasteiger partial charge in [0.2, 0.25) is 0 Å². The maximum atomic E-state index is 5.40. The third-order valence-corrected chi connectivity index (χ3v) is 3.94. The van der Waals surface area contributed by atoms with Gasteiger partial charge in [0, 0.05) is 12.8 Å². The lowest BCUT2D eigenvalue weighted by Crippen LogP contribution is -2.20. The molecule has 0 radical (unpaired) electrons. The number of hydrogen-bond donors (Lipinski definition) is 0. The molecule has 2 atom stereocenters. The van der Waals surface area contributed by atoms with Crippen LogP contribution in [0.25, 0.3) is 12.2 Å². The van der Waals surface area contributed by atoms with Crippen LogP contribution in [0.3, 0.4) is 0 Å². The highest BCUT2D eigenvalue weighted by Gasteiger charge is 2.19. The highest BCUT2D eigenvalue weighted by molar-refractivity contribution is 5.52. The molecule has 0 amide bonds. The first-order chi connectivity index (χ1) is 11.7. The molecule has 2 N–H and O–H groups in total. The van der Waals surface area contributed by atoms with Crippen molar-refractivity contribution in [2.45, 2.75) is 38.9 Å². The maximum Gasteiger partial charge on any atom is 0.102 e. The van der Waals surface area contributed by atoms with E-state index in [1.165, 1.54) is 11.1 Å². The van der Waals surface area contributed by atoms with Gasteiger partial charge in [-0.2, -0.15) is 0 Å². The summed E-state index contributed by atoms with van der Waals surface area (Å²) in [5.74, 6) is 2.21. The predicted octanol–water partition coefficient (Wildman–Crippen LogP) is 4.85. The van der Waals surface area contributed by atoms with E-state index in [9.17, 15) is 0 Å². The zero-order chi connectivity index (χ0) is 16.8. The summed E-state index contributed by atoms with van der Waals surface area (Å²) < 4.78 is 10.8. The van der Waals surface area contributed by atoms with E-state index in [0.29, 0.717) is 12.2 Å². The van der Waals surface area contributed by atoms with Crippen molar-refractivity contribution in [3.63, 3.8) is 0 Å². The van der Waals surface area contributed by atoms with Gasteiger partial charge in [0.15, 0.2) is 0 Å². The van der Waals surface area contributed by atoms with E-state index in [0.717, 1.165) is 24.4 Å². The summed E-state index contributed by atoms with van der Waals surface area (Å²) in [6.07, 6.45) is 7.18. The van der Waals surface area contributed by atoms with Crippen molar-refractivity contribution in [2.24, 2.45) is 0 Å². The van der Waals surface area contributed by atoms with E-state index in [-0.39, 0.29) is 5.48 Å². The van der Waals surface area contributed by atoms with Crippen LogP contribution in [0.2, 0.25) is 0 Å². The summed E-state index contributed by atoms with van der Waals surface area (Å²) in [6, 6.07) is 20.5. The van der Waals surface area contributed by atoms with Crippen LogP contribution < -0.4 is 0 Å². The minimum absolute atomic E-state index is 0. The first-order valence-corrected chi connectivity index (χ1v) is 8.53. The second kappa shape index (κ2) is 9.09. The Morgan fingerprint density at radius 1 is 0.680 bits per heavy atom. The predicted molar refractivity (Wildman–Crippen MR) is 103 cm³/mol. The molecule has 0 aromatic heterocycles. The molecule has 4 rings (SSSR count). The standard InChI is InChI=1S/2C11H12O.H2O/c2*1-9-7-11(12-9)8-10-5-3-2-4-6-10;/h2*2-6,8-9H,7H2,1H3;1H2. The molecule has 2 aromatic carbocycles. The lowest BCUT2D eigenvalue weighted by Gasteiger charge is -2.27. The second-order valence-corrected chi connectivity index (χ2v) is 6.31. The molecule has 2 saturated heterocycles. The van der Waals surface area contributed by atoms with E-state index < -0.39 is 0 Å². The van der Waals surface area contributed by atoms with Crippen LogP contribution in [0.15, 0.2) is 72.2 Å². The minimum atomic E-state index is 0. The number of ether oxygens (including phenoxy) is 2. The molecule has 2 aliphatic heterocycles. The Bertz CT molecular complexity index is 625. The Labute approximate surface area is 149 Å². The van der Waals surface area contributed by atoms with E-state index >= 15 is 0 Å². The lowest BCUT2D eigenvalue weighted by molar-refractivity contribution is 0.0377. The van der Waals surface area contributed by atoms with Gasteiger partial charge in [0.25, 0.3) is 0 Å². The van der Waals surface area contributed by atoms with Crippen molar-refractivity contribution in [3.05, 3.63) is 83.3 Å². The molecule has 2 fully saturated rings. The van der Waals surface area contributed by atoms with Gasteiger partial charge in [-0.15, -0.1) is 0 Å². The summed E-state index contributed by atoms with van der Waals surface area (Å²) in [7, 11) is 0. The SMILES string of the molecule is CC1CC(=Cc2ccccc2)O1.CC1CC(=Cc2ccccc2)O1.O. The molecule has 0 spiro atoms. The van der Waals surface area contributed by atoms with Crippen LogP contribution in [-0.2, 0) is 9.47 Å². The fourth-order valence-electron chi connectivity index (χ4n) is 2.72. The van der Waals surface area contributed by atoms with Gasteiger partial charge in [-0.25, -0.2) is 0 Å². The summed E-state index contributed by atoms with van der Waals surface area (Å²) in [5, 5.41) is 0. The third-order valence-electron chi connectivity index (χ3n) is 3.94. The average Bonchev–Trinajstić information content (AvgIpc) is 2.55. The Balaban J connectivity index is 0.000000173. The van der Waals surface area contributed by atoms with Crippen molar-refractivity contribution in [1.29, 1.82) is 0 Å². The fraction of sp³-hybridized carbons (Fsp3) is 0.273. The molecule has 3 nitrogen and oxygen atoms in total. The minimum Gasteiger partial charge on any atom is -0.494 e. The first kappa shape index (κ1) is 18.8. The molecule has 2 heterocycles. The highest BCUT2D eigenvalue weighted by atomic mass is 16.5. The zero-order valence-electron chi connectivity index (χ0n) is 14.8. The van der Waals surface area contributed by atoms with Gasteiger partial charge < -0.3 is 14.9 Å². The van der Waals surface area contributed by atoms with Crippen molar-refractivity contribution in [1.82, 2.24) is 0 Å². The van der Waals surface area contributed by atoms with Crippen LogP contribution in [0.1, 0.15) is 37.8 Å². The molecule has 2 aliphatic rings. The van der Waals surface area contributed by atoms with Crippen LogP contribution in [0, 0.1) is 0 Å². The molecule has 2 aromatic rings. The molecular formula is C22H26O3. The van der Waals surface area contributed by atoms with Crippen molar-refractivity contribution < 1.29 is 14.9 Å². The van der Waals surface area contributed by atoms with Crippen molar-refractivity contribution >= 4 is 12.2 Å². The first-order valence-electron chi connectivity index (χ1n) is 8.53. The smallest absolute Gasteiger partial charge is 0.102 e. The molecule has 2 unspecified atom stereocenters. The number of hydrogen-bond acceptors (Lipinski definition) is 2. The van der Waals surface area contributed by atoms with Crippen molar-refractivity contribution in [3.8, 4) is 0 Å². The highest BCUT2D eigenvalue weighted by Crippen LogP contribution is 2.26. The van der Waals surface area contributed by atoms with Gasteiger partial charge in [0.1, 0.15) is 23.7 Å². The average molecular weight is 338 g/mol. The number of benzene rings is 2. The monoisotopic (exact) mass is 338 g/mol. The Morgan fingerprint density at radius 2 is 1.00 bits per heavy atom. The molecule has 132 valence electrons. The maximum absolute atomic E-state index is 5.40. The molecule has 3 heteroatoms. The van der Waals surface area contributed by atoms with Gasteiger partial charge in [0.05, 0.1) is 0 Å². The Hall–Kier alpha value is -2.52. The van der Waals surface area contributed by atoms with Gasteiger partial charge in [-0.05, 0) is 37.1 Å². The van der Waals surface area contributed by atoms with E-state index in [4.69, 9.17) is 9.47 Å². The molecule has 0 saturated carbocycles. The Kier molecular flexibility index (Phi) is 6.84. The topological polar surface area (TPSA) is 50.0 Å². The molecular weight excluding hydrogens is 312 g/mol. The summed E-state index contributed by atoms with van der Waals surface area (Å²) >= 11 is 0. The van der Waals surface area contributed by atoms with Crippen molar-refractivity contribution in [2.75, 3.05) is 0 Å². The van der Waals surface area contributed by atoms with Crippen LogP contribution in [0.5, 0.6) is 0 Å².